The van der Waals surface area contributed by atoms with Crippen molar-refractivity contribution in [3.8, 4) is 5.75 Å². The van der Waals surface area contributed by atoms with Crippen molar-refractivity contribution < 1.29 is 19.0 Å². The first-order valence-electron chi connectivity index (χ1n) is 14.8. The summed E-state index contributed by atoms with van der Waals surface area (Å²) in [5, 5.41) is 15.1. The molecule has 0 unspecified atom stereocenters. The fraction of sp³-hybridized carbons (Fsp3) is 0.548. The average Bonchev–Trinajstić information content (AvgIpc) is 3.46. The fourth-order valence-electron chi connectivity index (χ4n) is 6.40. The highest BCUT2D eigenvalue weighted by Crippen LogP contribution is 2.49. The highest BCUT2D eigenvalue weighted by Gasteiger charge is 2.43. The third-order valence-corrected chi connectivity index (χ3v) is 8.86. The van der Waals surface area contributed by atoms with Gasteiger partial charge >= 0.3 is 0 Å². The van der Waals surface area contributed by atoms with Gasteiger partial charge in [-0.25, -0.2) is 14.4 Å². The van der Waals surface area contributed by atoms with Gasteiger partial charge in [0.1, 0.15) is 11.6 Å². The number of aliphatic hydroxyl groups is 1. The molecular weight excluding hydrogens is 559 g/mol. The van der Waals surface area contributed by atoms with Crippen LogP contribution >= 0.6 is 11.6 Å². The zero-order chi connectivity index (χ0) is 29.4. The minimum atomic E-state index is -0.864. The molecule has 1 aliphatic carbocycles. The lowest BCUT2D eigenvalue weighted by Crippen LogP contribution is -2.35. The summed E-state index contributed by atoms with van der Waals surface area (Å²) in [5.74, 6) is 2.82. The minimum absolute atomic E-state index is 0.00717. The lowest BCUT2D eigenvalue weighted by atomic mass is 9.90. The molecule has 1 saturated heterocycles. The summed E-state index contributed by atoms with van der Waals surface area (Å²) >= 11 is 5.91. The maximum absolute atomic E-state index is 14.9. The van der Waals surface area contributed by atoms with Crippen LogP contribution in [0.4, 0.5) is 10.3 Å². The molecular formula is C31H38ClFN6O3. The number of aromatic nitrogens is 4. The van der Waals surface area contributed by atoms with E-state index in [9.17, 15) is 14.3 Å². The molecule has 224 valence electrons. The predicted molar refractivity (Wildman–Crippen MR) is 157 cm³/mol. The molecule has 9 nitrogen and oxygen atoms in total. The van der Waals surface area contributed by atoms with Crippen molar-refractivity contribution in [3.05, 3.63) is 64.5 Å². The molecule has 3 aliphatic rings. The first-order valence-corrected chi connectivity index (χ1v) is 15.2. The molecule has 1 N–H and O–H groups in total. The van der Waals surface area contributed by atoms with E-state index in [1.165, 1.54) is 12.5 Å². The largest absolute Gasteiger partial charge is 0.493 e. The number of amides is 1. The molecule has 1 amide bonds. The molecule has 4 heterocycles. The molecule has 11 heteroatoms. The standard InChI is InChI=1S/C31H38ClFN6O3/c1-31(2,41)19-39-17-23-16-38(18-28(23)36-39)29(40)12-22-3-4-25(13-27(22)33)42-10-7-21-11-26(21)20-5-8-37(9-6-20)30-34-14-24(32)15-35-30/h3-4,13-15,17,20-21,26,41H,5-12,16,18-19H2,1-2H3/t21-,26-/m1/s1. The van der Waals surface area contributed by atoms with Gasteiger partial charge in [-0.1, -0.05) is 17.7 Å². The van der Waals surface area contributed by atoms with Crippen LogP contribution in [-0.2, 0) is 30.8 Å². The van der Waals surface area contributed by atoms with Crippen LogP contribution in [0, 0.1) is 23.6 Å². The number of carbonyl (C=O) groups excluding carboxylic acids is 1. The van der Waals surface area contributed by atoms with Gasteiger partial charge in [-0.15, -0.1) is 0 Å². The highest BCUT2D eigenvalue weighted by atomic mass is 35.5. The molecule has 6 rings (SSSR count). The summed E-state index contributed by atoms with van der Waals surface area (Å²) in [6.07, 6.45) is 9.64. The van der Waals surface area contributed by atoms with Crippen molar-refractivity contribution in [2.24, 2.45) is 17.8 Å². The van der Waals surface area contributed by atoms with Crippen LogP contribution in [0.1, 0.15) is 56.4 Å². The van der Waals surface area contributed by atoms with Gasteiger partial charge < -0.3 is 19.6 Å². The van der Waals surface area contributed by atoms with Crippen LogP contribution in [0.2, 0.25) is 5.02 Å². The highest BCUT2D eigenvalue weighted by molar-refractivity contribution is 6.30. The Labute approximate surface area is 250 Å². The van der Waals surface area contributed by atoms with E-state index in [-0.39, 0.29) is 12.3 Å². The van der Waals surface area contributed by atoms with Gasteiger partial charge in [0.25, 0.3) is 0 Å². The number of nitrogens with zero attached hydrogens (tertiary/aromatic N) is 6. The zero-order valence-corrected chi connectivity index (χ0v) is 24.9. The molecule has 0 radical (unpaired) electrons. The molecule has 0 bridgehead atoms. The Kier molecular flexibility index (Phi) is 8.11. The fourth-order valence-corrected chi connectivity index (χ4v) is 6.50. The van der Waals surface area contributed by atoms with Gasteiger partial charge in [0, 0.05) is 37.5 Å². The monoisotopic (exact) mass is 596 g/mol. The summed E-state index contributed by atoms with van der Waals surface area (Å²) in [6, 6.07) is 4.80. The molecule has 2 aromatic heterocycles. The summed E-state index contributed by atoms with van der Waals surface area (Å²) < 4.78 is 22.5. The zero-order valence-electron chi connectivity index (χ0n) is 24.2. The Balaban J connectivity index is 0.913. The van der Waals surface area contributed by atoms with Crippen molar-refractivity contribution in [1.29, 1.82) is 0 Å². The quantitative estimate of drug-likeness (QED) is 0.364. The Bertz CT molecular complexity index is 1390. The summed E-state index contributed by atoms with van der Waals surface area (Å²) in [7, 11) is 0. The smallest absolute Gasteiger partial charge is 0.227 e. The number of benzene rings is 1. The molecule has 42 heavy (non-hydrogen) atoms. The number of piperidine rings is 1. The second-order valence-electron chi connectivity index (χ2n) is 12.6. The van der Waals surface area contributed by atoms with Crippen LogP contribution in [0.3, 0.4) is 0 Å². The van der Waals surface area contributed by atoms with Gasteiger partial charge in [0.15, 0.2) is 0 Å². The summed E-state index contributed by atoms with van der Waals surface area (Å²) in [4.78, 5) is 25.5. The van der Waals surface area contributed by atoms with Crippen molar-refractivity contribution in [3.63, 3.8) is 0 Å². The van der Waals surface area contributed by atoms with Crippen molar-refractivity contribution in [2.75, 3.05) is 24.6 Å². The summed E-state index contributed by atoms with van der Waals surface area (Å²) in [6.45, 7) is 7.18. The number of rotatable bonds is 10. The third-order valence-electron chi connectivity index (χ3n) is 8.66. The first kappa shape index (κ1) is 28.9. The number of hydrogen-bond acceptors (Lipinski definition) is 7. The lowest BCUT2D eigenvalue weighted by molar-refractivity contribution is -0.131. The SMILES string of the molecule is CC(C)(O)Cn1cc2c(n1)CN(C(=O)Cc1ccc(OCC[C@@H]3C[C@@H]3C3CCN(c4ncc(Cl)cn4)CC3)cc1F)C2. The Hall–Kier alpha value is -3.24. The molecule has 2 fully saturated rings. The van der Waals surface area contributed by atoms with Crippen molar-refractivity contribution in [1.82, 2.24) is 24.6 Å². The van der Waals surface area contributed by atoms with E-state index in [0.717, 1.165) is 61.4 Å². The number of halogens is 2. The minimum Gasteiger partial charge on any atom is -0.493 e. The average molecular weight is 597 g/mol. The number of hydrogen-bond donors (Lipinski definition) is 1. The van der Waals surface area contributed by atoms with Crippen LogP contribution in [0.5, 0.6) is 5.75 Å². The number of anilines is 1. The Morgan fingerprint density at radius 2 is 1.95 bits per heavy atom. The second-order valence-corrected chi connectivity index (χ2v) is 13.0. The maximum atomic E-state index is 14.9. The third kappa shape index (κ3) is 6.86. The molecule has 2 aliphatic heterocycles. The van der Waals surface area contributed by atoms with Crippen molar-refractivity contribution in [2.45, 2.75) is 71.2 Å². The van der Waals surface area contributed by atoms with Gasteiger partial charge in [-0.05, 0) is 68.9 Å². The molecule has 0 spiro atoms. The lowest BCUT2D eigenvalue weighted by Gasteiger charge is -2.32. The van der Waals surface area contributed by atoms with Gasteiger partial charge in [-0.2, -0.15) is 5.10 Å². The van der Waals surface area contributed by atoms with Gasteiger partial charge in [0.05, 0.1) is 54.8 Å². The van der Waals surface area contributed by atoms with Gasteiger partial charge in [0.2, 0.25) is 11.9 Å². The molecule has 1 saturated carbocycles. The van der Waals surface area contributed by atoms with Crippen molar-refractivity contribution >= 4 is 23.5 Å². The van der Waals surface area contributed by atoms with Crippen LogP contribution in [0.25, 0.3) is 0 Å². The molecule has 2 atom stereocenters. The number of fused-ring (bicyclic) bond motifs is 1. The first-order chi connectivity index (χ1) is 20.1. The second kappa shape index (κ2) is 11.8. The Morgan fingerprint density at radius 1 is 1.19 bits per heavy atom. The molecule has 1 aromatic carbocycles. The van der Waals surface area contributed by atoms with Crippen LogP contribution in [0.15, 0.2) is 36.8 Å². The maximum Gasteiger partial charge on any atom is 0.227 e. The van der Waals surface area contributed by atoms with E-state index in [1.54, 1.807) is 48.0 Å². The van der Waals surface area contributed by atoms with E-state index in [2.05, 4.69) is 20.0 Å². The molecule has 3 aromatic rings. The Morgan fingerprint density at radius 3 is 2.64 bits per heavy atom. The van der Waals surface area contributed by atoms with E-state index in [1.807, 2.05) is 6.20 Å². The van der Waals surface area contributed by atoms with E-state index < -0.39 is 11.4 Å². The summed E-state index contributed by atoms with van der Waals surface area (Å²) in [5.41, 5.74) is 1.29. The van der Waals surface area contributed by atoms with E-state index in [4.69, 9.17) is 16.3 Å². The van der Waals surface area contributed by atoms with E-state index >= 15 is 0 Å². The number of ether oxygens (including phenoxy) is 1. The number of carbonyl (C=O) groups is 1. The normalized spacial score (nSPS) is 20.6. The van der Waals surface area contributed by atoms with Gasteiger partial charge in [-0.3, -0.25) is 9.48 Å². The predicted octanol–water partition coefficient (Wildman–Crippen LogP) is 4.64. The van der Waals surface area contributed by atoms with Crippen LogP contribution < -0.4 is 9.64 Å². The topological polar surface area (TPSA) is 96.6 Å². The van der Waals surface area contributed by atoms with Crippen LogP contribution in [-0.4, -0.2) is 61.0 Å². The van der Waals surface area contributed by atoms with E-state index in [0.29, 0.717) is 48.5 Å².